The molecule has 1 saturated heterocycles. The van der Waals surface area contributed by atoms with Crippen molar-refractivity contribution in [1.82, 2.24) is 9.80 Å². The van der Waals surface area contributed by atoms with Gasteiger partial charge < -0.3 is 14.9 Å². The quantitative estimate of drug-likeness (QED) is 0.806. The number of carbonyl (C=O) groups excluding carboxylic acids is 1. The smallest absolute Gasteiger partial charge is 0.407 e. The van der Waals surface area contributed by atoms with Gasteiger partial charge in [0.2, 0.25) is 0 Å². The first-order chi connectivity index (χ1) is 12.1. The Bertz CT molecular complexity index is 631. The van der Waals surface area contributed by atoms with Crippen LogP contribution in [-0.4, -0.2) is 57.8 Å². The van der Waals surface area contributed by atoms with Gasteiger partial charge in [0.1, 0.15) is 0 Å². The molecule has 6 heteroatoms. The number of carbonyl (C=O) groups is 2. The van der Waals surface area contributed by atoms with Crippen LogP contribution in [0.15, 0.2) is 29.2 Å². The number of thioether (sulfide) groups is 1. The first-order valence-electron chi connectivity index (χ1n) is 9.14. The van der Waals surface area contributed by atoms with Gasteiger partial charge in [0.15, 0.2) is 0 Å². The molecular formula is C19H26N2O3S. The van der Waals surface area contributed by atoms with Crippen LogP contribution >= 0.6 is 11.8 Å². The molecular weight excluding hydrogens is 336 g/mol. The summed E-state index contributed by atoms with van der Waals surface area (Å²) >= 11 is 1.69. The van der Waals surface area contributed by atoms with Crippen molar-refractivity contribution in [3.8, 4) is 0 Å². The van der Waals surface area contributed by atoms with Crippen molar-refractivity contribution >= 4 is 23.8 Å². The number of carboxylic acid groups (broad SMARTS) is 1. The Hall–Kier alpha value is -1.69. The van der Waals surface area contributed by atoms with Crippen LogP contribution in [0.25, 0.3) is 0 Å². The minimum absolute atomic E-state index is 0.00798. The number of benzene rings is 1. The van der Waals surface area contributed by atoms with E-state index in [9.17, 15) is 14.7 Å². The fourth-order valence-electron chi connectivity index (χ4n) is 4.02. The van der Waals surface area contributed by atoms with Gasteiger partial charge in [-0.2, -0.15) is 0 Å². The first-order valence-corrected chi connectivity index (χ1v) is 10.1. The monoisotopic (exact) mass is 362 g/mol. The lowest BCUT2D eigenvalue weighted by Crippen LogP contribution is -2.48. The highest BCUT2D eigenvalue weighted by molar-refractivity contribution is 7.99. The molecule has 1 heterocycles. The topological polar surface area (TPSA) is 60.9 Å². The van der Waals surface area contributed by atoms with Crippen molar-refractivity contribution in [1.29, 1.82) is 0 Å². The van der Waals surface area contributed by atoms with Crippen LogP contribution in [-0.2, 0) is 0 Å². The average Bonchev–Trinajstić information content (AvgIpc) is 3.28. The Kier molecular flexibility index (Phi) is 5.89. The number of amides is 2. The first kappa shape index (κ1) is 18.1. The molecule has 0 unspecified atom stereocenters. The molecule has 1 aliphatic carbocycles. The second-order valence-electron chi connectivity index (χ2n) is 6.75. The largest absolute Gasteiger partial charge is 0.465 e. The zero-order chi connectivity index (χ0) is 17.8. The number of nitrogens with zero attached hydrogens (tertiary/aromatic N) is 2. The fraction of sp³-hybridized carbons (Fsp3) is 0.579. The van der Waals surface area contributed by atoms with Crippen molar-refractivity contribution in [3.05, 3.63) is 29.8 Å². The average molecular weight is 362 g/mol. The van der Waals surface area contributed by atoms with Gasteiger partial charge >= 0.3 is 6.09 Å². The van der Waals surface area contributed by atoms with Gasteiger partial charge in [-0.1, -0.05) is 31.9 Å². The molecule has 1 aliphatic heterocycles. The molecule has 2 fully saturated rings. The molecule has 0 radical (unpaired) electrons. The molecule has 1 atom stereocenters. The molecule has 1 N–H and O–H groups in total. The van der Waals surface area contributed by atoms with Gasteiger partial charge in [0.25, 0.3) is 5.91 Å². The summed E-state index contributed by atoms with van der Waals surface area (Å²) in [4.78, 5) is 29.2. The van der Waals surface area contributed by atoms with E-state index in [4.69, 9.17) is 0 Å². The molecule has 136 valence electrons. The normalized spacial score (nSPS) is 20.8. The molecule has 0 spiro atoms. The van der Waals surface area contributed by atoms with Gasteiger partial charge in [-0.25, -0.2) is 4.79 Å². The lowest BCUT2D eigenvalue weighted by atomic mass is 10.1. The maximum atomic E-state index is 13.4. The molecule has 0 bridgehead atoms. The van der Waals surface area contributed by atoms with Crippen molar-refractivity contribution in [2.45, 2.75) is 56.0 Å². The zero-order valence-corrected chi connectivity index (χ0v) is 15.5. The fourth-order valence-corrected chi connectivity index (χ4v) is 4.82. The Morgan fingerprint density at radius 1 is 1.20 bits per heavy atom. The minimum Gasteiger partial charge on any atom is -0.465 e. The van der Waals surface area contributed by atoms with Crippen molar-refractivity contribution in [2.75, 3.05) is 18.8 Å². The highest BCUT2D eigenvalue weighted by Crippen LogP contribution is 2.32. The maximum Gasteiger partial charge on any atom is 0.407 e. The van der Waals surface area contributed by atoms with E-state index in [2.05, 4.69) is 6.92 Å². The predicted octanol–water partition coefficient (Wildman–Crippen LogP) is 3.94. The second kappa shape index (κ2) is 8.13. The SMILES string of the molecule is CCSc1ccccc1C(=O)N(C1CCCC1)[C@H]1CCN(C(=O)O)C1. The molecule has 25 heavy (non-hydrogen) atoms. The third kappa shape index (κ3) is 3.94. The lowest BCUT2D eigenvalue weighted by Gasteiger charge is -2.35. The summed E-state index contributed by atoms with van der Waals surface area (Å²) in [5.41, 5.74) is 0.759. The number of likely N-dealkylation sites (tertiary alicyclic amines) is 1. The summed E-state index contributed by atoms with van der Waals surface area (Å²) in [6.07, 6.45) is 4.20. The van der Waals surface area contributed by atoms with Crippen LogP contribution in [0.1, 0.15) is 49.4 Å². The molecule has 2 amide bonds. The highest BCUT2D eigenvalue weighted by Gasteiger charge is 2.38. The van der Waals surface area contributed by atoms with Crippen molar-refractivity contribution < 1.29 is 14.7 Å². The predicted molar refractivity (Wildman–Crippen MR) is 99.3 cm³/mol. The highest BCUT2D eigenvalue weighted by atomic mass is 32.2. The standard InChI is InChI=1S/C19H26N2O3S/c1-2-25-17-10-6-5-9-16(17)18(22)21(14-7-3-4-8-14)15-11-12-20(13-15)19(23)24/h5-6,9-10,14-15H,2-4,7-8,11-13H2,1H3,(H,23,24)/t15-/m0/s1. The molecule has 5 nitrogen and oxygen atoms in total. The van der Waals surface area contributed by atoms with E-state index in [0.29, 0.717) is 13.1 Å². The van der Waals surface area contributed by atoms with E-state index in [-0.39, 0.29) is 18.0 Å². The Labute approximate surface area is 153 Å². The van der Waals surface area contributed by atoms with Gasteiger partial charge in [0, 0.05) is 24.0 Å². The molecule has 2 aliphatic rings. The van der Waals surface area contributed by atoms with Crippen LogP contribution < -0.4 is 0 Å². The number of hydrogen-bond acceptors (Lipinski definition) is 3. The summed E-state index contributed by atoms with van der Waals surface area (Å²) < 4.78 is 0. The van der Waals surface area contributed by atoms with Gasteiger partial charge in [-0.15, -0.1) is 11.8 Å². The zero-order valence-electron chi connectivity index (χ0n) is 14.7. The molecule has 1 aromatic carbocycles. The Balaban J connectivity index is 1.87. The number of rotatable bonds is 5. The molecule has 1 aromatic rings. The lowest BCUT2D eigenvalue weighted by molar-refractivity contribution is 0.0575. The van der Waals surface area contributed by atoms with Crippen LogP contribution in [0.4, 0.5) is 4.79 Å². The van der Waals surface area contributed by atoms with Gasteiger partial charge in [0.05, 0.1) is 11.6 Å². The van der Waals surface area contributed by atoms with Gasteiger partial charge in [-0.05, 0) is 37.1 Å². The summed E-state index contributed by atoms with van der Waals surface area (Å²) in [5, 5.41) is 9.27. The van der Waals surface area contributed by atoms with Crippen LogP contribution in [0.2, 0.25) is 0 Å². The van der Waals surface area contributed by atoms with Crippen molar-refractivity contribution in [2.24, 2.45) is 0 Å². The van der Waals surface area contributed by atoms with Crippen LogP contribution in [0.5, 0.6) is 0 Å². The Morgan fingerprint density at radius 2 is 1.92 bits per heavy atom. The van der Waals surface area contributed by atoms with Gasteiger partial charge in [-0.3, -0.25) is 4.79 Å². The summed E-state index contributed by atoms with van der Waals surface area (Å²) in [7, 11) is 0. The summed E-state index contributed by atoms with van der Waals surface area (Å²) in [5.74, 6) is 0.991. The van der Waals surface area contributed by atoms with Crippen molar-refractivity contribution in [3.63, 3.8) is 0 Å². The van der Waals surface area contributed by atoms with E-state index in [1.807, 2.05) is 29.2 Å². The Morgan fingerprint density at radius 3 is 2.56 bits per heavy atom. The van der Waals surface area contributed by atoms with E-state index < -0.39 is 6.09 Å². The minimum atomic E-state index is -0.886. The van der Waals surface area contributed by atoms with Crippen LogP contribution in [0, 0.1) is 0 Å². The summed E-state index contributed by atoms with van der Waals surface area (Å²) in [6, 6.07) is 8.03. The van der Waals surface area contributed by atoms with E-state index in [0.717, 1.165) is 48.3 Å². The van der Waals surface area contributed by atoms with E-state index >= 15 is 0 Å². The van der Waals surface area contributed by atoms with E-state index in [1.54, 1.807) is 11.8 Å². The van der Waals surface area contributed by atoms with Crippen LogP contribution in [0.3, 0.4) is 0 Å². The second-order valence-corrected chi connectivity index (χ2v) is 8.06. The molecule has 3 rings (SSSR count). The molecule has 1 saturated carbocycles. The maximum absolute atomic E-state index is 13.4. The summed E-state index contributed by atoms with van der Waals surface area (Å²) in [6.45, 7) is 3.03. The third-order valence-electron chi connectivity index (χ3n) is 5.20. The molecule has 0 aromatic heterocycles. The third-order valence-corrected chi connectivity index (χ3v) is 6.15. The van der Waals surface area contributed by atoms with E-state index in [1.165, 1.54) is 4.90 Å². The number of hydrogen-bond donors (Lipinski definition) is 1.